The molecule has 1 aromatic carbocycles. The second-order valence-corrected chi connectivity index (χ2v) is 8.03. The number of fused-ring (bicyclic) bond motifs is 1. The maximum absolute atomic E-state index is 6.30. The maximum Gasteiger partial charge on any atom is 0.0934 e. The summed E-state index contributed by atoms with van der Waals surface area (Å²) in [4.78, 5) is 8.16. The lowest BCUT2D eigenvalue weighted by atomic mass is 9.84. The Bertz CT molecular complexity index is 803. The SMILES string of the molecule is CN=C(/C=C(/C)N)c1ccccc1[C@@H]1CN(C)Cc2sc(Cl)cc21. The fraction of sp³-hybridized carbons (Fsp3) is 0.316. The van der Waals surface area contributed by atoms with Crippen molar-refractivity contribution in [2.45, 2.75) is 19.4 Å². The highest BCUT2D eigenvalue weighted by Gasteiger charge is 2.28. The van der Waals surface area contributed by atoms with Gasteiger partial charge in [0.1, 0.15) is 0 Å². The number of benzene rings is 1. The van der Waals surface area contributed by atoms with E-state index in [0.717, 1.165) is 34.4 Å². The molecule has 2 heterocycles. The molecule has 0 amide bonds. The lowest BCUT2D eigenvalue weighted by Crippen LogP contribution is -2.30. The largest absolute Gasteiger partial charge is 0.402 e. The van der Waals surface area contributed by atoms with Crippen molar-refractivity contribution in [2.24, 2.45) is 10.7 Å². The summed E-state index contributed by atoms with van der Waals surface area (Å²) in [6, 6.07) is 10.6. The zero-order chi connectivity index (χ0) is 17.3. The average Bonchev–Trinajstić information content (AvgIpc) is 2.91. The van der Waals surface area contributed by atoms with Crippen LogP contribution in [0.3, 0.4) is 0 Å². The van der Waals surface area contributed by atoms with Crippen LogP contribution in [0, 0.1) is 0 Å². The van der Waals surface area contributed by atoms with E-state index in [2.05, 4.69) is 47.3 Å². The molecule has 3 nitrogen and oxygen atoms in total. The third-order valence-electron chi connectivity index (χ3n) is 4.31. The molecule has 1 aromatic heterocycles. The fourth-order valence-electron chi connectivity index (χ4n) is 3.33. The molecule has 0 radical (unpaired) electrons. The highest BCUT2D eigenvalue weighted by molar-refractivity contribution is 7.16. The molecule has 0 spiro atoms. The highest BCUT2D eigenvalue weighted by Crippen LogP contribution is 2.40. The minimum absolute atomic E-state index is 0.293. The molecule has 3 rings (SSSR count). The van der Waals surface area contributed by atoms with Crippen molar-refractivity contribution in [3.05, 3.63) is 68.0 Å². The summed E-state index contributed by atoms with van der Waals surface area (Å²) < 4.78 is 0.861. The van der Waals surface area contributed by atoms with Crippen LogP contribution < -0.4 is 5.73 Å². The molecule has 2 N–H and O–H groups in total. The van der Waals surface area contributed by atoms with Crippen molar-refractivity contribution >= 4 is 28.6 Å². The van der Waals surface area contributed by atoms with Crippen molar-refractivity contribution in [1.29, 1.82) is 0 Å². The van der Waals surface area contributed by atoms with Crippen molar-refractivity contribution in [2.75, 3.05) is 20.6 Å². The highest BCUT2D eigenvalue weighted by atomic mass is 35.5. The van der Waals surface area contributed by atoms with Gasteiger partial charge in [-0.25, -0.2) is 0 Å². The fourth-order valence-corrected chi connectivity index (χ4v) is 4.75. The van der Waals surface area contributed by atoms with Gasteiger partial charge in [-0.1, -0.05) is 35.9 Å². The van der Waals surface area contributed by atoms with Gasteiger partial charge in [-0.05, 0) is 37.2 Å². The summed E-state index contributed by atoms with van der Waals surface area (Å²) >= 11 is 7.98. The Kier molecular flexibility index (Phi) is 5.09. The zero-order valence-corrected chi connectivity index (χ0v) is 15.8. The van der Waals surface area contributed by atoms with Crippen LogP contribution in [0.15, 0.2) is 47.1 Å². The number of nitrogens with two attached hydrogens (primary N) is 1. The molecule has 1 aliphatic heterocycles. The van der Waals surface area contributed by atoms with Gasteiger partial charge in [-0.3, -0.25) is 4.99 Å². The molecule has 126 valence electrons. The molecule has 0 unspecified atom stereocenters. The first-order chi connectivity index (χ1) is 11.5. The Morgan fingerprint density at radius 2 is 2.12 bits per heavy atom. The lowest BCUT2D eigenvalue weighted by Gasteiger charge is -2.31. The maximum atomic E-state index is 6.30. The molecule has 24 heavy (non-hydrogen) atoms. The second kappa shape index (κ2) is 7.09. The van der Waals surface area contributed by atoms with Gasteiger partial charge in [0, 0.05) is 42.2 Å². The van der Waals surface area contributed by atoms with E-state index < -0.39 is 0 Å². The number of thiophene rings is 1. The number of hydrogen-bond acceptors (Lipinski definition) is 4. The Hall–Kier alpha value is -1.62. The molecular formula is C19H22ClN3S. The van der Waals surface area contributed by atoms with Gasteiger partial charge in [-0.15, -0.1) is 11.3 Å². The Morgan fingerprint density at radius 3 is 2.83 bits per heavy atom. The summed E-state index contributed by atoms with van der Waals surface area (Å²) in [6.07, 6.45) is 1.94. The lowest BCUT2D eigenvalue weighted by molar-refractivity contribution is 0.299. The van der Waals surface area contributed by atoms with Crippen molar-refractivity contribution in [3.8, 4) is 0 Å². The number of likely N-dealkylation sites (N-methyl/N-ethyl adjacent to an activating group) is 1. The number of halogens is 1. The topological polar surface area (TPSA) is 41.6 Å². The Morgan fingerprint density at radius 1 is 1.38 bits per heavy atom. The van der Waals surface area contributed by atoms with Gasteiger partial charge in [0.15, 0.2) is 0 Å². The van der Waals surface area contributed by atoms with Crippen LogP contribution in [0.25, 0.3) is 0 Å². The van der Waals surface area contributed by atoms with Crippen LogP contribution in [0.4, 0.5) is 0 Å². The third-order valence-corrected chi connectivity index (χ3v) is 5.58. The first-order valence-corrected chi connectivity index (χ1v) is 9.15. The van der Waals surface area contributed by atoms with E-state index in [-0.39, 0.29) is 0 Å². The van der Waals surface area contributed by atoms with Crippen LogP contribution in [0.1, 0.15) is 34.4 Å². The molecule has 0 saturated carbocycles. The van der Waals surface area contributed by atoms with E-state index in [0.29, 0.717) is 5.92 Å². The van der Waals surface area contributed by atoms with Gasteiger partial charge in [0.25, 0.3) is 0 Å². The summed E-state index contributed by atoms with van der Waals surface area (Å²) in [7, 11) is 3.97. The number of nitrogens with zero attached hydrogens (tertiary/aromatic N) is 2. The monoisotopic (exact) mass is 359 g/mol. The predicted molar refractivity (Wildman–Crippen MR) is 104 cm³/mol. The second-order valence-electron chi connectivity index (χ2n) is 6.26. The summed E-state index contributed by atoms with van der Waals surface area (Å²) in [5.74, 6) is 0.293. The Balaban J connectivity index is 2.13. The molecular weight excluding hydrogens is 338 g/mol. The van der Waals surface area contributed by atoms with E-state index >= 15 is 0 Å². The van der Waals surface area contributed by atoms with E-state index in [4.69, 9.17) is 17.3 Å². The van der Waals surface area contributed by atoms with Crippen LogP contribution in [0.2, 0.25) is 4.34 Å². The van der Waals surface area contributed by atoms with Crippen LogP contribution in [0.5, 0.6) is 0 Å². The standard InChI is InChI=1S/C19H22ClN3S/c1-12(21)8-17(22-2)14-7-5-4-6-13(14)16-10-23(3)11-18-15(16)9-19(20)24-18/h4-9,16H,10-11,21H2,1-3H3/b12-8-,22-17?/t16-/m0/s1. The van der Waals surface area contributed by atoms with Crippen molar-refractivity contribution in [3.63, 3.8) is 0 Å². The molecule has 0 aliphatic carbocycles. The molecule has 0 saturated heterocycles. The van der Waals surface area contributed by atoms with Gasteiger partial charge >= 0.3 is 0 Å². The van der Waals surface area contributed by atoms with E-state index in [9.17, 15) is 0 Å². The van der Waals surface area contributed by atoms with E-state index in [1.54, 1.807) is 11.3 Å². The van der Waals surface area contributed by atoms with Crippen molar-refractivity contribution < 1.29 is 0 Å². The predicted octanol–water partition coefficient (Wildman–Crippen LogP) is 4.26. The number of aliphatic imine (C=N–C) groups is 1. The van der Waals surface area contributed by atoms with Gasteiger partial charge in [0.05, 0.1) is 10.0 Å². The zero-order valence-electron chi connectivity index (χ0n) is 14.2. The summed E-state index contributed by atoms with van der Waals surface area (Å²) in [5.41, 5.74) is 11.3. The van der Waals surface area contributed by atoms with Gasteiger partial charge < -0.3 is 10.6 Å². The minimum Gasteiger partial charge on any atom is -0.402 e. The summed E-state index contributed by atoms with van der Waals surface area (Å²) in [5, 5.41) is 0. The number of hydrogen-bond donors (Lipinski definition) is 1. The number of rotatable bonds is 3. The van der Waals surface area contributed by atoms with Gasteiger partial charge in [-0.2, -0.15) is 0 Å². The normalized spacial score (nSPS) is 19.4. The van der Waals surface area contributed by atoms with E-state index in [1.165, 1.54) is 16.0 Å². The smallest absolute Gasteiger partial charge is 0.0934 e. The third kappa shape index (κ3) is 3.41. The first kappa shape index (κ1) is 17.2. The summed E-state index contributed by atoms with van der Waals surface area (Å²) in [6.45, 7) is 3.82. The quantitative estimate of drug-likeness (QED) is 0.832. The van der Waals surface area contributed by atoms with Crippen LogP contribution in [-0.4, -0.2) is 31.3 Å². The van der Waals surface area contributed by atoms with Crippen LogP contribution >= 0.6 is 22.9 Å². The molecule has 1 aliphatic rings. The number of allylic oxidation sites excluding steroid dienone is 2. The molecule has 5 heteroatoms. The molecule has 2 aromatic rings. The first-order valence-electron chi connectivity index (χ1n) is 7.96. The molecule has 0 fully saturated rings. The van der Waals surface area contributed by atoms with E-state index in [1.807, 2.05) is 20.0 Å². The minimum atomic E-state index is 0.293. The average molecular weight is 360 g/mol. The Labute approximate surface area is 152 Å². The van der Waals surface area contributed by atoms with Crippen molar-refractivity contribution in [1.82, 2.24) is 4.90 Å². The van der Waals surface area contributed by atoms with Gasteiger partial charge in [0.2, 0.25) is 0 Å². The van der Waals surface area contributed by atoms with Crippen LogP contribution in [-0.2, 0) is 6.54 Å². The molecule has 0 bridgehead atoms. The molecule has 1 atom stereocenters.